The molecule has 0 aromatic heterocycles. The second-order valence-corrected chi connectivity index (χ2v) is 19.1. The maximum atomic E-state index is 12.8. The molecule has 71 heavy (non-hydrogen) atoms. The van der Waals surface area contributed by atoms with Crippen LogP contribution in [0.25, 0.3) is 0 Å². The number of allylic oxidation sites excluding steroid dienone is 18. The Kier molecular flexibility index (Phi) is 55.4. The molecule has 0 saturated heterocycles. The first-order valence-corrected chi connectivity index (χ1v) is 29.4. The second-order valence-electron chi connectivity index (χ2n) is 19.1. The normalized spacial score (nSPS) is 12.9. The van der Waals surface area contributed by atoms with Crippen molar-refractivity contribution in [1.82, 2.24) is 0 Å². The number of ether oxygens (including phenoxy) is 3. The SMILES string of the molecule is CC/C=C\C/C=C\C/C=C\C/C=C\C/C=C\CCCCCCCCCCCCCCCC(=O)OCC(COC(=O)CCCCCCC/C=C\CCCC)OC(=O)CCCCC/C=C\C/C=C\C/C=C\CC. The highest BCUT2D eigenvalue weighted by molar-refractivity contribution is 5.71. The third-order valence-electron chi connectivity index (χ3n) is 12.2. The molecule has 0 aliphatic carbocycles. The zero-order valence-corrected chi connectivity index (χ0v) is 46.2. The Morgan fingerprint density at radius 3 is 0.887 bits per heavy atom. The lowest BCUT2D eigenvalue weighted by Crippen LogP contribution is -2.30. The van der Waals surface area contributed by atoms with Crippen LogP contribution < -0.4 is 0 Å². The average molecular weight is 986 g/mol. The van der Waals surface area contributed by atoms with E-state index in [1.165, 1.54) is 96.3 Å². The van der Waals surface area contributed by atoms with Crippen LogP contribution in [0.1, 0.15) is 265 Å². The van der Waals surface area contributed by atoms with Crippen LogP contribution >= 0.6 is 0 Å². The molecule has 0 spiro atoms. The van der Waals surface area contributed by atoms with Crippen molar-refractivity contribution in [3.8, 4) is 0 Å². The molecule has 0 heterocycles. The molecule has 0 aromatic carbocycles. The molecule has 0 aliphatic rings. The zero-order chi connectivity index (χ0) is 51.4. The molecule has 0 rings (SSSR count). The first kappa shape index (κ1) is 67.1. The maximum absolute atomic E-state index is 12.8. The van der Waals surface area contributed by atoms with Crippen molar-refractivity contribution >= 4 is 17.9 Å². The number of carbonyl (C=O) groups is 3. The summed E-state index contributed by atoms with van der Waals surface area (Å²) in [4.78, 5) is 38.1. The predicted octanol–water partition coefficient (Wildman–Crippen LogP) is 19.9. The van der Waals surface area contributed by atoms with Crippen molar-refractivity contribution in [2.45, 2.75) is 271 Å². The fourth-order valence-electron chi connectivity index (χ4n) is 7.88. The summed E-state index contributed by atoms with van der Waals surface area (Å²) in [7, 11) is 0. The lowest BCUT2D eigenvalue weighted by atomic mass is 10.0. The fraction of sp³-hybridized carbons (Fsp3) is 0.677. The summed E-state index contributed by atoms with van der Waals surface area (Å²) in [6, 6.07) is 0. The molecule has 6 heteroatoms. The second kappa shape index (κ2) is 58.6. The monoisotopic (exact) mass is 985 g/mol. The first-order chi connectivity index (χ1) is 35.0. The van der Waals surface area contributed by atoms with Gasteiger partial charge in [0.15, 0.2) is 6.10 Å². The van der Waals surface area contributed by atoms with Gasteiger partial charge in [0.05, 0.1) is 0 Å². The molecule has 1 unspecified atom stereocenters. The van der Waals surface area contributed by atoms with Gasteiger partial charge in [-0.15, -0.1) is 0 Å². The van der Waals surface area contributed by atoms with Crippen molar-refractivity contribution in [1.29, 1.82) is 0 Å². The van der Waals surface area contributed by atoms with Crippen LogP contribution in [0, 0.1) is 0 Å². The van der Waals surface area contributed by atoms with Crippen LogP contribution in [-0.2, 0) is 28.6 Å². The van der Waals surface area contributed by atoms with E-state index in [1.54, 1.807) is 0 Å². The molecule has 0 fully saturated rings. The molecule has 0 bridgehead atoms. The van der Waals surface area contributed by atoms with E-state index in [-0.39, 0.29) is 37.5 Å². The zero-order valence-electron chi connectivity index (χ0n) is 46.2. The third-order valence-corrected chi connectivity index (χ3v) is 12.2. The van der Waals surface area contributed by atoms with Crippen molar-refractivity contribution < 1.29 is 28.6 Å². The summed E-state index contributed by atoms with van der Waals surface area (Å²) < 4.78 is 16.8. The van der Waals surface area contributed by atoms with Gasteiger partial charge in [-0.3, -0.25) is 14.4 Å². The Morgan fingerprint density at radius 2 is 0.549 bits per heavy atom. The Labute approximate surface area is 438 Å². The Bertz CT molecular complexity index is 1460. The number of rotatable bonds is 52. The van der Waals surface area contributed by atoms with Gasteiger partial charge in [-0.05, 0) is 116 Å². The van der Waals surface area contributed by atoms with Gasteiger partial charge in [0, 0.05) is 19.3 Å². The van der Waals surface area contributed by atoms with Crippen LogP contribution in [-0.4, -0.2) is 37.2 Å². The van der Waals surface area contributed by atoms with Crippen molar-refractivity contribution in [2.24, 2.45) is 0 Å². The van der Waals surface area contributed by atoms with Crippen LogP contribution in [0.5, 0.6) is 0 Å². The molecular weight excluding hydrogens is 877 g/mol. The Hall–Kier alpha value is -3.93. The smallest absolute Gasteiger partial charge is 0.306 e. The number of unbranched alkanes of at least 4 members (excludes halogenated alkanes) is 23. The largest absolute Gasteiger partial charge is 0.462 e. The van der Waals surface area contributed by atoms with Gasteiger partial charge in [0.2, 0.25) is 0 Å². The molecule has 6 nitrogen and oxygen atoms in total. The highest BCUT2D eigenvalue weighted by Crippen LogP contribution is 2.15. The minimum absolute atomic E-state index is 0.0933. The number of hydrogen-bond donors (Lipinski definition) is 0. The summed E-state index contributed by atoms with van der Waals surface area (Å²) in [6.07, 6.45) is 79.6. The van der Waals surface area contributed by atoms with Gasteiger partial charge < -0.3 is 14.2 Å². The maximum Gasteiger partial charge on any atom is 0.306 e. The lowest BCUT2D eigenvalue weighted by Gasteiger charge is -2.18. The predicted molar refractivity (Wildman–Crippen MR) is 307 cm³/mol. The molecule has 1 atom stereocenters. The number of carbonyl (C=O) groups excluding carboxylic acids is 3. The molecular formula is C65H108O6. The molecule has 404 valence electrons. The van der Waals surface area contributed by atoms with Crippen LogP contribution in [0.4, 0.5) is 0 Å². The third kappa shape index (κ3) is 56.9. The summed E-state index contributed by atoms with van der Waals surface area (Å²) in [6.45, 7) is 6.34. The van der Waals surface area contributed by atoms with E-state index in [9.17, 15) is 14.4 Å². The molecule has 0 aromatic rings. The van der Waals surface area contributed by atoms with Crippen molar-refractivity contribution in [3.05, 3.63) is 109 Å². The van der Waals surface area contributed by atoms with E-state index >= 15 is 0 Å². The van der Waals surface area contributed by atoms with Gasteiger partial charge in [-0.1, -0.05) is 239 Å². The topological polar surface area (TPSA) is 78.9 Å². The molecule has 0 N–H and O–H groups in total. The minimum atomic E-state index is -0.797. The molecule has 0 saturated carbocycles. The molecule has 0 radical (unpaired) electrons. The van der Waals surface area contributed by atoms with Gasteiger partial charge in [0.25, 0.3) is 0 Å². The van der Waals surface area contributed by atoms with E-state index in [0.29, 0.717) is 12.8 Å². The van der Waals surface area contributed by atoms with Gasteiger partial charge in [0.1, 0.15) is 13.2 Å². The van der Waals surface area contributed by atoms with E-state index in [0.717, 1.165) is 128 Å². The Morgan fingerprint density at radius 1 is 0.296 bits per heavy atom. The summed E-state index contributed by atoms with van der Waals surface area (Å²) in [5, 5.41) is 0. The average Bonchev–Trinajstić information content (AvgIpc) is 3.37. The lowest BCUT2D eigenvalue weighted by molar-refractivity contribution is -0.167. The Balaban J connectivity index is 4.21. The van der Waals surface area contributed by atoms with Crippen molar-refractivity contribution in [3.63, 3.8) is 0 Å². The minimum Gasteiger partial charge on any atom is -0.462 e. The quantitative estimate of drug-likeness (QED) is 0.0261. The number of esters is 3. The molecule has 0 aliphatic heterocycles. The van der Waals surface area contributed by atoms with E-state index in [1.807, 2.05) is 0 Å². The fourth-order valence-corrected chi connectivity index (χ4v) is 7.88. The number of hydrogen-bond acceptors (Lipinski definition) is 6. The molecule has 0 amide bonds. The highest BCUT2D eigenvalue weighted by Gasteiger charge is 2.19. The van der Waals surface area contributed by atoms with Crippen LogP contribution in [0.3, 0.4) is 0 Å². The highest BCUT2D eigenvalue weighted by atomic mass is 16.6. The summed E-state index contributed by atoms with van der Waals surface area (Å²) in [5.74, 6) is -0.934. The van der Waals surface area contributed by atoms with Crippen LogP contribution in [0.2, 0.25) is 0 Å². The first-order valence-electron chi connectivity index (χ1n) is 29.4. The van der Waals surface area contributed by atoms with Gasteiger partial charge in [-0.2, -0.15) is 0 Å². The van der Waals surface area contributed by atoms with E-state index in [4.69, 9.17) is 14.2 Å². The van der Waals surface area contributed by atoms with Crippen molar-refractivity contribution in [2.75, 3.05) is 13.2 Å². The van der Waals surface area contributed by atoms with E-state index < -0.39 is 6.10 Å². The standard InChI is InChI=1S/C65H108O6/c1-4-7-10-13-16-19-22-24-25-26-27-28-29-30-31-32-33-34-35-36-37-38-39-41-43-46-49-52-55-58-64(67)70-61-62(60-69-63(66)57-54-51-48-45-42-21-18-15-12-9-6-3)71-65(68)59-56-53-50-47-44-40-23-20-17-14-11-8-5-2/h7-8,10-11,15-20,24-25,27-28,30-31,40,44,62H,4-6,9,12-14,21-23,26,29,32-39,41-43,45-61H2,1-3H3/b10-7-,11-8-,18-15-,19-16-,20-17-,25-24-,28-27-,31-30-,44-40-. The summed E-state index contributed by atoms with van der Waals surface area (Å²) in [5.41, 5.74) is 0. The van der Waals surface area contributed by atoms with E-state index in [2.05, 4.69) is 130 Å². The van der Waals surface area contributed by atoms with Gasteiger partial charge in [-0.25, -0.2) is 0 Å². The summed E-state index contributed by atoms with van der Waals surface area (Å²) >= 11 is 0. The van der Waals surface area contributed by atoms with Crippen LogP contribution in [0.15, 0.2) is 109 Å². The van der Waals surface area contributed by atoms with Gasteiger partial charge >= 0.3 is 17.9 Å².